The van der Waals surface area contributed by atoms with E-state index >= 15 is 0 Å². The first-order valence-electron chi connectivity index (χ1n) is 6.19. The number of esters is 1. The van der Waals surface area contributed by atoms with E-state index in [1.54, 1.807) is 19.1 Å². The summed E-state index contributed by atoms with van der Waals surface area (Å²) in [5.41, 5.74) is 0.772. The van der Waals surface area contributed by atoms with Gasteiger partial charge in [0.1, 0.15) is 11.8 Å². The van der Waals surface area contributed by atoms with Crippen LogP contribution in [0.5, 0.6) is 5.75 Å². The van der Waals surface area contributed by atoms with Crippen molar-refractivity contribution >= 4 is 17.6 Å². The van der Waals surface area contributed by atoms with Crippen molar-refractivity contribution in [3.63, 3.8) is 0 Å². The Kier molecular flexibility index (Phi) is 5.63. The second kappa shape index (κ2) is 6.78. The second-order valence-corrected chi connectivity index (χ2v) is 5.26. The Labute approximate surface area is 118 Å². The van der Waals surface area contributed by atoms with Crippen molar-refractivity contribution in [1.29, 1.82) is 0 Å². The highest BCUT2D eigenvalue weighted by Gasteiger charge is 2.21. The number of phenols is 1. The van der Waals surface area contributed by atoms with Crippen molar-refractivity contribution in [2.45, 2.75) is 39.5 Å². The quantitative estimate of drug-likeness (QED) is 0.845. The molecule has 19 heavy (non-hydrogen) atoms. The van der Waals surface area contributed by atoms with Gasteiger partial charge in [0.25, 0.3) is 0 Å². The van der Waals surface area contributed by atoms with E-state index < -0.39 is 0 Å². The highest BCUT2D eigenvalue weighted by atomic mass is 35.5. The number of hydrogen-bond donors (Lipinski definition) is 1. The minimum absolute atomic E-state index is 0.132. The maximum absolute atomic E-state index is 11.8. The molecule has 106 valence electrons. The van der Waals surface area contributed by atoms with Crippen molar-refractivity contribution in [3.05, 3.63) is 28.8 Å². The van der Waals surface area contributed by atoms with Crippen LogP contribution in [0.1, 0.15) is 26.3 Å². The van der Waals surface area contributed by atoms with Crippen molar-refractivity contribution < 1.29 is 14.6 Å². The van der Waals surface area contributed by atoms with E-state index in [4.69, 9.17) is 16.3 Å². The summed E-state index contributed by atoms with van der Waals surface area (Å²) in [6.45, 7) is 5.87. The van der Waals surface area contributed by atoms with Crippen LogP contribution in [0.25, 0.3) is 0 Å². The maximum atomic E-state index is 11.8. The standard InChI is InChI=1S/C14H20ClNO3/c1-9(2)19-14(18)10(3)16(4)8-11-7-12(17)5-6-13(11)15/h5-7,9-10,17H,8H2,1-4H3. The van der Waals surface area contributed by atoms with E-state index in [1.165, 1.54) is 6.07 Å². The van der Waals surface area contributed by atoms with Gasteiger partial charge in [-0.3, -0.25) is 9.69 Å². The fourth-order valence-corrected chi connectivity index (χ4v) is 1.78. The number of ether oxygens (including phenoxy) is 1. The van der Waals surface area contributed by atoms with Crippen molar-refractivity contribution in [2.75, 3.05) is 7.05 Å². The van der Waals surface area contributed by atoms with Gasteiger partial charge in [-0.1, -0.05) is 11.6 Å². The minimum Gasteiger partial charge on any atom is -0.508 e. The zero-order chi connectivity index (χ0) is 14.6. The third-order valence-corrected chi connectivity index (χ3v) is 3.17. The third kappa shape index (κ3) is 4.73. The van der Waals surface area contributed by atoms with Crippen LogP contribution < -0.4 is 0 Å². The molecule has 1 atom stereocenters. The average molecular weight is 286 g/mol. The predicted molar refractivity (Wildman–Crippen MR) is 75.3 cm³/mol. The van der Waals surface area contributed by atoms with Crippen LogP contribution in [-0.4, -0.2) is 35.2 Å². The van der Waals surface area contributed by atoms with Gasteiger partial charge < -0.3 is 9.84 Å². The highest BCUT2D eigenvalue weighted by Crippen LogP contribution is 2.22. The Morgan fingerprint density at radius 2 is 2.05 bits per heavy atom. The lowest BCUT2D eigenvalue weighted by atomic mass is 10.2. The number of benzene rings is 1. The van der Waals surface area contributed by atoms with Crippen molar-refractivity contribution in [3.8, 4) is 5.75 Å². The van der Waals surface area contributed by atoms with Crippen LogP contribution in [0.15, 0.2) is 18.2 Å². The summed E-state index contributed by atoms with van der Waals surface area (Å²) in [7, 11) is 1.81. The monoisotopic (exact) mass is 285 g/mol. The molecule has 0 amide bonds. The van der Waals surface area contributed by atoms with Gasteiger partial charge in [0.15, 0.2) is 0 Å². The van der Waals surface area contributed by atoms with Crippen molar-refractivity contribution in [1.82, 2.24) is 4.90 Å². The molecule has 0 aliphatic rings. The van der Waals surface area contributed by atoms with E-state index in [0.717, 1.165) is 5.56 Å². The molecule has 0 spiro atoms. The molecular formula is C14H20ClNO3. The fraction of sp³-hybridized carbons (Fsp3) is 0.500. The van der Waals surface area contributed by atoms with Crippen LogP contribution in [0.2, 0.25) is 5.02 Å². The number of nitrogens with zero attached hydrogens (tertiary/aromatic N) is 1. The Hall–Kier alpha value is -1.26. The fourth-order valence-electron chi connectivity index (χ4n) is 1.60. The lowest BCUT2D eigenvalue weighted by Crippen LogP contribution is -2.37. The highest BCUT2D eigenvalue weighted by molar-refractivity contribution is 6.31. The first-order valence-corrected chi connectivity index (χ1v) is 6.57. The predicted octanol–water partition coefficient (Wildman–Crippen LogP) is 2.82. The molecule has 0 radical (unpaired) electrons. The molecule has 0 aliphatic heterocycles. The zero-order valence-corrected chi connectivity index (χ0v) is 12.4. The molecule has 0 fully saturated rings. The smallest absolute Gasteiger partial charge is 0.323 e. The van der Waals surface area contributed by atoms with Crippen LogP contribution in [0, 0.1) is 0 Å². The molecule has 1 aromatic rings. The Morgan fingerprint density at radius 3 is 2.63 bits per heavy atom. The molecule has 1 unspecified atom stereocenters. The summed E-state index contributed by atoms with van der Waals surface area (Å²) in [6.07, 6.45) is -0.132. The number of carbonyl (C=O) groups excluding carboxylic acids is 1. The average Bonchev–Trinajstić information content (AvgIpc) is 2.31. The number of phenolic OH excluding ortho intramolecular Hbond substituents is 1. The molecule has 4 nitrogen and oxygen atoms in total. The SMILES string of the molecule is CC(C)OC(=O)C(C)N(C)Cc1cc(O)ccc1Cl. The second-order valence-electron chi connectivity index (χ2n) is 4.85. The Bertz CT molecular complexity index is 448. The van der Waals surface area contributed by atoms with Crippen LogP contribution >= 0.6 is 11.6 Å². The van der Waals surface area contributed by atoms with E-state index in [2.05, 4.69) is 0 Å². The zero-order valence-electron chi connectivity index (χ0n) is 11.7. The molecule has 5 heteroatoms. The van der Waals surface area contributed by atoms with Gasteiger partial charge in [-0.25, -0.2) is 0 Å². The molecule has 1 aromatic carbocycles. The van der Waals surface area contributed by atoms with Gasteiger partial charge >= 0.3 is 5.97 Å². The first kappa shape index (κ1) is 15.8. The summed E-state index contributed by atoms with van der Waals surface area (Å²) in [5, 5.41) is 10.0. The van der Waals surface area contributed by atoms with E-state index in [1.807, 2.05) is 25.8 Å². The molecule has 1 N–H and O–H groups in total. The van der Waals surface area contributed by atoms with Crippen LogP contribution in [0.3, 0.4) is 0 Å². The van der Waals surface area contributed by atoms with Crippen LogP contribution in [-0.2, 0) is 16.1 Å². The lowest BCUT2D eigenvalue weighted by Gasteiger charge is -2.24. The number of likely N-dealkylation sites (N-methyl/N-ethyl adjacent to an activating group) is 1. The molecule has 0 saturated carbocycles. The molecule has 0 aromatic heterocycles. The van der Waals surface area contributed by atoms with Gasteiger partial charge in [-0.2, -0.15) is 0 Å². The summed E-state index contributed by atoms with van der Waals surface area (Å²) in [5.74, 6) is -0.112. The van der Waals surface area contributed by atoms with E-state index in [0.29, 0.717) is 11.6 Å². The van der Waals surface area contributed by atoms with Gasteiger partial charge in [0.2, 0.25) is 0 Å². The molecule has 0 aliphatic carbocycles. The lowest BCUT2D eigenvalue weighted by molar-refractivity contribution is -0.152. The Morgan fingerprint density at radius 1 is 1.42 bits per heavy atom. The van der Waals surface area contributed by atoms with Crippen LogP contribution in [0.4, 0.5) is 0 Å². The molecule has 0 bridgehead atoms. The summed E-state index contributed by atoms with van der Waals surface area (Å²) in [4.78, 5) is 13.6. The van der Waals surface area contributed by atoms with Gasteiger partial charge in [0, 0.05) is 11.6 Å². The van der Waals surface area contributed by atoms with Gasteiger partial charge in [-0.15, -0.1) is 0 Å². The molecule has 0 saturated heterocycles. The molecule has 0 heterocycles. The van der Waals surface area contributed by atoms with Gasteiger partial charge in [0.05, 0.1) is 6.10 Å². The Balaban J connectivity index is 2.70. The largest absolute Gasteiger partial charge is 0.508 e. The normalized spacial score (nSPS) is 12.8. The number of aromatic hydroxyl groups is 1. The summed E-state index contributed by atoms with van der Waals surface area (Å²) < 4.78 is 5.16. The van der Waals surface area contributed by atoms with E-state index in [9.17, 15) is 9.90 Å². The van der Waals surface area contributed by atoms with Crippen molar-refractivity contribution in [2.24, 2.45) is 0 Å². The topological polar surface area (TPSA) is 49.8 Å². The first-order chi connectivity index (χ1) is 8.81. The number of carbonyl (C=O) groups is 1. The number of halogens is 1. The summed E-state index contributed by atoms with van der Waals surface area (Å²) >= 11 is 6.05. The molecule has 1 rings (SSSR count). The summed E-state index contributed by atoms with van der Waals surface area (Å²) in [6, 6.07) is 4.39. The number of rotatable bonds is 5. The molecular weight excluding hydrogens is 266 g/mol. The third-order valence-electron chi connectivity index (χ3n) is 2.80. The number of hydrogen-bond acceptors (Lipinski definition) is 4. The minimum atomic E-state index is -0.374. The maximum Gasteiger partial charge on any atom is 0.323 e. The van der Waals surface area contributed by atoms with Gasteiger partial charge in [-0.05, 0) is 51.6 Å². The van der Waals surface area contributed by atoms with E-state index in [-0.39, 0.29) is 23.9 Å².